The van der Waals surface area contributed by atoms with Crippen LogP contribution in [0, 0.1) is 0 Å². The Hall–Kier alpha value is -1.84. The van der Waals surface area contributed by atoms with Crippen LogP contribution in [-0.4, -0.2) is 26.2 Å². The Morgan fingerprint density at radius 2 is 1.10 bits per heavy atom. The third-order valence-electron chi connectivity index (χ3n) is 7.31. The highest BCUT2D eigenvalue weighted by atomic mass is 16.5. The van der Waals surface area contributed by atoms with Gasteiger partial charge in [0.25, 0.3) is 0 Å². The lowest BCUT2D eigenvalue weighted by atomic mass is 9.69. The van der Waals surface area contributed by atoms with E-state index in [0.717, 1.165) is 30.4 Å². The molecule has 3 rings (SSSR count). The molecule has 30 heavy (non-hydrogen) atoms. The van der Waals surface area contributed by atoms with Crippen molar-refractivity contribution >= 4 is 11.9 Å². The van der Waals surface area contributed by atoms with Gasteiger partial charge in [-0.15, -0.1) is 0 Å². The molecule has 0 heterocycles. The van der Waals surface area contributed by atoms with Gasteiger partial charge in [0.05, 0.1) is 25.3 Å². The van der Waals surface area contributed by atoms with Gasteiger partial charge in [0.2, 0.25) is 0 Å². The van der Waals surface area contributed by atoms with Crippen molar-refractivity contribution in [3.05, 3.63) is 33.4 Å². The molecule has 0 spiro atoms. The van der Waals surface area contributed by atoms with Gasteiger partial charge in [-0.25, -0.2) is 9.59 Å². The number of hydrogen-bond donors (Lipinski definition) is 0. The van der Waals surface area contributed by atoms with E-state index in [1.807, 2.05) is 0 Å². The molecule has 0 radical (unpaired) electrons. The molecule has 2 aliphatic carbocycles. The van der Waals surface area contributed by atoms with Crippen LogP contribution >= 0.6 is 0 Å². The molecule has 1 aromatic carbocycles. The number of hydrogen-bond acceptors (Lipinski definition) is 4. The Labute approximate surface area is 181 Å². The lowest BCUT2D eigenvalue weighted by molar-refractivity contribution is 0.0552. The quantitative estimate of drug-likeness (QED) is 0.500. The SMILES string of the molecule is CCc1c(CC)c(C2CCCCC2)c(C2CCCCC2)c(C(=O)OC)c1C(=O)OC. The summed E-state index contributed by atoms with van der Waals surface area (Å²) in [7, 11) is 2.83. The fraction of sp³-hybridized carbons (Fsp3) is 0.692. The van der Waals surface area contributed by atoms with Crippen LogP contribution < -0.4 is 0 Å². The van der Waals surface area contributed by atoms with E-state index in [4.69, 9.17) is 9.47 Å². The van der Waals surface area contributed by atoms with E-state index in [1.54, 1.807) is 0 Å². The highest BCUT2D eigenvalue weighted by Gasteiger charge is 2.36. The summed E-state index contributed by atoms with van der Waals surface area (Å²) in [5.41, 5.74) is 5.76. The maximum absolute atomic E-state index is 13.2. The van der Waals surface area contributed by atoms with Crippen molar-refractivity contribution in [3.63, 3.8) is 0 Å². The van der Waals surface area contributed by atoms with Crippen LogP contribution in [0.25, 0.3) is 0 Å². The topological polar surface area (TPSA) is 52.6 Å². The van der Waals surface area contributed by atoms with Crippen LogP contribution in [0.3, 0.4) is 0 Å². The van der Waals surface area contributed by atoms with Crippen LogP contribution in [0.5, 0.6) is 0 Å². The van der Waals surface area contributed by atoms with Crippen LogP contribution in [0.2, 0.25) is 0 Å². The van der Waals surface area contributed by atoms with Gasteiger partial charge in [-0.2, -0.15) is 0 Å². The molecule has 166 valence electrons. The largest absolute Gasteiger partial charge is 0.465 e. The van der Waals surface area contributed by atoms with Crippen LogP contribution in [0.1, 0.15) is 133 Å². The molecule has 0 aromatic heterocycles. The second kappa shape index (κ2) is 10.5. The van der Waals surface area contributed by atoms with Gasteiger partial charge >= 0.3 is 11.9 Å². The fourth-order valence-corrected chi connectivity index (χ4v) is 6.00. The monoisotopic (exact) mass is 414 g/mol. The summed E-state index contributed by atoms with van der Waals surface area (Å²) in [5.74, 6) is 0.00927. The van der Waals surface area contributed by atoms with Crippen molar-refractivity contribution in [1.29, 1.82) is 0 Å². The summed E-state index contributed by atoms with van der Waals surface area (Å²) < 4.78 is 10.5. The van der Waals surface area contributed by atoms with Gasteiger partial charge in [-0.1, -0.05) is 52.4 Å². The van der Waals surface area contributed by atoms with Crippen molar-refractivity contribution < 1.29 is 19.1 Å². The summed E-state index contributed by atoms with van der Waals surface area (Å²) in [6, 6.07) is 0. The Morgan fingerprint density at radius 1 is 0.667 bits per heavy atom. The average molecular weight is 415 g/mol. The first-order valence-electron chi connectivity index (χ1n) is 12.0. The van der Waals surface area contributed by atoms with Gasteiger partial charge < -0.3 is 9.47 Å². The minimum absolute atomic E-state index is 0.324. The van der Waals surface area contributed by atoms with Gasteiger partial charge in [-0.3, -0.25) is 0 Å². The number of benzene rings is 1. The molecule has 0 N–H and O–H groups in total. The predicted molar refractivity (Wildman–Crippen MR) is 120 cm³/mol. The highest BCUT2D eigenvalue weighted by molar-refractivity contribution is 6.06. The van der Waals surface area contributed by atoms with E-state index in [2.05, 4.69) is 13.8 Å². The van der Waals surface area contributed by atoms with Crippen LogP contribution in [0.15, 0.2) is 0 Å². The molecule has 0 unspecified atom stereocenters. The van der Waals surface area contributed by atoms with Crippen LogP contribution in [0.4, 0.5) is 0 Å². The molecule has 2 fully saturated rings. The number of carbonyl (C=O) groups excluding carboxylic acids is 2. The second-order valence-corrected chi connectivity index (χ2v) is 8.89. The van der Waals surface area contributed by atoms with Crippen molar-refractivity contribution in [2.24, 2.45) is 0 Å². The molecule has 0 amide bonds. The summed E-state index contributed by atoms with van der Waals surface area (Å²) in [6.07, 6.45) is 13.5. The Bertz CT molecular complexity index is 768. The summed E-state index contributed by atoms with van der Waals surface area (Å²) in [4.78, 5) is 26.2. The van der Waals surface area contributed by atoms with Gasteiger partial charge in [0.15, 0.2) is 0 Å². The first kappa shape index (κ1) is 22.8. The minimum Gasteiger partial charge on any atom is -0.465 e. The van der Waals surface area contributed by atoms with Gasteiger partial charge in [0, 0.05) is 0 Å². The average Bonchev–Trinajstić information content (AvgIpc) is 2.82. The van der Waals surface area contributed by atoms with Crippen molar-refractivity contribution in [3.8, 4) is 0 Å². The predicted octanol–water partition coefficient (Wildman–Crippen LogP) is 6.48. The zero-order valence-corrected chi connectivity index (χ0v) is 19.3. The Kier molecular flexibility index (Phi) is 7.96. The third-order valence-corrected chi connectivity index (χ3v) is 7.31. The van der Waals surface area contributed by atoms with Gasteiger partial charge in [0.1, 0.15) is 0 Å². The molecule has 0 bridgehead atoms. The smallest absolute Gasteiger partial charge is 0.339 e. The van der Waals surface area contributed by atoms with E-state index in [-0.39, 0.29) is 5.97 Å². The molecular weight excluding hydrogens is 376 g/mol. The lowest BCUT2D eigenvalue weighted by Gasteiger charge is -2.35. The summed E-state index contributed by atoms with van der Waals surface area (Å²) >= 11 is 0. The first-order valence-corrected chi connectivity index (χ1v) is 12.0. The van der Waals surface area contributed by atoms with E-state index < -0.39 is 5.97 Å². The molecule has 0 aliphatic heterocycles. The molecule has 2 saturated carbocycles. The molecule has 2 aliphatic rings. The molecule has 4 nitrogen and oxygen atoms in total. The number of methoxy groups -OCH3 is 2. The van der Waals surface area contributed by atoms with Crippen molar-refractivity contribution in [2.45, 2.75) is 103 Å². The molecule has 0 saturated heterocycles. The third kappa shape index (κ3) is 4.29. The number of carbonyl (C=O) groups is 2. The zero-order valence-electron chi connectivity index (χ0n) is 19.3. The highest BCUT2D eigenvalue weighted by Crippen LogP contribution is 2.47. The number of esters is 2. The fourth-order valence-electron chi connectivity index (χ4n) is 6.00. The van der Waals surface area contributed by atoms with E-state index in [9.17, 15) is 9.59 Å². The van der Waals surface area contributed by atoms with Gasteiger partial charge in [-0.05, 0) is 72.6 Å². The maximum Gasteiger partial charge on any atom is 0.339 e. The van der Waals surface area contributed by atoms with Crippen molar-refractivity contribution in [1.82, 2.24) is 0 Å². The first-order chi connectivity index (χ1) is 14.6. The molecule has 0 atom stereocenters. The standard InChI is InChI=1S/C26H38O4/c1-5-19-20(6-2)23(25(27)29-3)24(26(28)30-4)22(18-15-11-8-12-16-18)21(19)17-13-9-7-10-14-17/h17-18H,5-16H2,1-4H3. The molecular formula is C26H38O4. The normalized spacial score (nSPS) is 18.3. The van der Waals surface area contributed by atoms with Crippen molar-refractivity contribution in [2.75, 3.05) is 14.2 Å². The molecule has 4 heteroatoms. The van der Waals surface area contributed by atoms with Crippen LogP contribution in [-0.2, 0) is 22.3 Å². The zero-order chi connectivity index (χ0) is 21.7. The molecule has 1 aromatic rings. The minimum atomic E-state index is -0.408. The Morgan fingerprint density at radius 3 is 1.53 bits per heavy atom. The number of ether oxygens (including phenoxy) is 2. The summed E-state index contributed by atoms with van der Waals surface area (Å²) in [6.45, 7) is 4.26. The second-order valence-electron chi connectivity index (χ2n) is 8.89. The summed E-state index contributed by atoms with van der Waals surface area (Å²) in [5, 5.41) is 0. The number of rotatable bonds is 6. The lowest BCUT2D eigenvalue weighted by Crippen LogP contribution is -2.25. The Balaban J connectivity index is 2.40. The maximum atomic E-state index is 13.2. The van der Waals surface area contributed by atoms with E-state index in [1.165, 1.54) is 76.7 Å². The van der Waals surface area contributed by atoms with E-state index in [0.29, 0.717) is 29.4 Å². The van der Waals surface area contributed by atoms with E-state index >= 15 is 0 Å².